The monoisotopic (exact) mass is 319 g/mol. The van der Waals surface area contributed by atoms with Crippen LogP contribution in [-0.2, 0) is 5.41 Å². The fourth-order valence-corrected chi connectivity index (χ4v) is 2.84. The molecule has 6 nitrogen and oxygen atoms in total. The van der Waals surface area contributed by atoms with E-state index in [9.17, 15) is 4.79 Å². The Morgan fingerprint density at radius 2 is 2.00 bits per heavy atom. The number of amides is 2. The van der Waals surface area contributed by atoms with Crippen molar-refractivity contribution in [2.24, 2.45) is 0 Å². The summed E-state index contributed by atoms with van der Waals surface area (Å²) in [6.07, 6.45) is 3.93. The van der Waals surface area contributed by atoms with Crippen molar-refractivity contribution in [1.82, 2.24) is 19.8 Å². The standard InChI is InChI=1S/C17H29N5O/c1-17(2,3)15-18-10-9-14(19-15)22-11-7-8-13(12-22)21(6)16(23)20(4)5/h9-10,13H,7-8,11-12H2,1-6H3. The SMILES string of the molecule is CN(C)C(=O)N(C)C1CCCN(c2ccnc(C(C)(C)C)n2)C1. The van der Waals surface area contributed by atoms with Gasteiger partial charge in [-0.25, -0.2) is 14.8 Å². The molecule has 1 aliphatic rings. The number of carbonyl (C=O) groups excluding carboxylic acids is 1. The smallest absolute Gasteiger partial charge is 0.319 e. The van der Waals surface area contributed by atoms with Crippen LogP contribution < -0.4 is 4.90 Å². The second kappa shape index (κ2) is 6.72. The molecule has 1 atom stereocenters. The molecular formula is C17H29N5O. The van der Waals surface area contributed by atoms with Crippen molar-refractivity contribution in [2.45, 2.75) is 45.1 Å². The Morgan fingerprint density at radius 1 is 1.30 bits per heavy atom. The number of anilines is 1. The van der Waals surface area contributed by atoms with E-state index in [1.807, 2.05) is 24.2 Å². The number of carbonyl (C=O) groups is 1. The molecule has 1 unspecified atom stereocenters. The molecule has 0 aromatic carbocycles. The van der Waals surface area contributed by atoms with Crippen LogP contribution >= 0.6 is 0 Å². The van der Waals surface area contributed by atoms with Crippen LogP contribution in [0.2, 0.25) is 0 Å². The van der Waals surface area contributed by atoms with Gasteiger partial charge in [0, 0.05) is 45.8 Å². The summed E-state index contributed by atoms with van der Waals surface area (Å²) in [6.45, 7) is 8.15. The zero-order valence-corrected chi connectivity index (χ0v) is 15.2. The Morgan fingerprint density at radius 3 is 2.61 bits per heavy atom. The summed E-state index contributed by atoms with van der Waals surface area (Å²) in [6, 6.07) is 2.23. The number of aromatic nitrogens is 2. The van der Waals surface area contributed by atoms with Gasteiger partial charge >= 0.3 is 6.03 Å². The molecule has 1 fully saturated rings. The van der Waals surface area contributed by atoms with Crippen molar-refractivity contribution < 1.29 is 4.79 Å². The Kier molecular flexibility index (Phi) is 5.12. The quantitative estimate of drug-likeness (QED) is 0.840. The molecule has 2 rings (SSSR count). The van der Waals surface area contributed by atoms with E-state index in [0.717, 1.165) is 37.6 Å². The van der Waals surface area contributed by atoms with E-state index in [1.54, 1.807) is 19.0 Å². The van der Waals surface area contributed by atoms with Crippen LogP contribution in [0.25, 0.3) is 0 Å². The molecule has 128 valence electrons. The van der Waals surface area contributed by atoms with Crippen molar-refractivity contribution in [3.63, 3.8) is 0 Å². The average Bonchev–Trinajstić information content (AvgIpc) is 2.53. The molecule has 0 N–H and O–H groups in total. The van der Waals surface area contributed by atoms with Gasteiger partial charge in [0.25, 0.3) is 0 Å². The summed E-state index contributed by atoms with van der Waals surface area (Å²) in [5.41, 5.74) is -0.0666. The van der Waals surface area contributed by atoms with Gasteiger partial charge in [0.2, 0.25) is 0 Å². The summed E-state index contributed by atoms with van der Waals surface area (Å²) >= 11 is 0. The fraction of sp³-hybridized carbons (Fsp3) is 0.706. The van der Waals surface area contributed by atoms with Gasteiger partial charge in [0.05, 0.1) is 6.04 Å². The molecule has 0 aliphatic carbocycles. The highest BCUT2D eigenvalue weighted by Gasteiger charge is 2.28. The van der Waals surface area contributed by atoms with Crippen LogP contribution in [-0.4, -0.2) is 66.1 Å². The predicted molar refractivity (Wildman–Crippen MR) is 92.8 cm³/mol. The third-order valence-corrected chi connectivity index (χ3v) is 4.26. The predicted octanol–water partition coefficient (Wildman–Crippen LogP) is 2.36. The van der Waals surface area contributed by atoms with Crippen LogP contribution in [0.1, 0.15) is 39.4 Å². The van der Waals surface area contributed by atoms with Gasteiger partial charge in [-0.1, -0.05) is 20.8 Å². The molecule has 6 heteroatoms. The van der Waals surface area contributed by atoms with Crippen LogP contribution in [0.3, 0.4) is 0 Å². The first-order chi connectivity index (χ1) is 10.7. The molecule has 0 spiro atoms. The summed E-state index contributed by atoms with van der Waals surface area (Å²) in [5.74, 6) is 1.81. The summed E-state index contributed by atoms with van der Waals surface area (Å²) in [4.78, 5) is 27.1. The number of urea groups is 1. The minimum absolute atomic E-state index is 0.0509. The molecule has 1 aromatic rings. The molecule has 2 amide bonds. The van der Waals surface area contributed by atoms with Gasteiger partial charge in [0.15, 0.2) is 0 Å². The highest BCUT2D eigenvalue weighted by molar-refractivity contribution is 5.74. The maximum absolute atomic E-state index is 12.2. The molecule has 0 radical (unpaired) electrons. The first-order valence-corrected chi connectivity index (χ1v) is 8.22. The molecule has 0 saturated carbocycles. The number of rotatable bonds is 2. The van der Waals surface area contributed by atoms with Gasteiger partial charge in [-0.2, -0.15) is 0 Å². The van der Waals surface area contributed by atoms with E-state index in [0.29, 0.717) is 0 Å². The summed E-state index contributed by atoms with van der Waals surface area (Å²) < 4.78 is 0. The fourth-order valence-electron chi connectivity index (χ4n) is 2.84. The van der Waals surface area contributed by atoms with Crippen molar-refractivity contribution in [1.29, 1.82) is 0 Å². The van der Waals surface area contributed by atoms with Crippen LogP contribution in [0.15, 0.2) is 12.3 Å². The highest BCUT2D eigenvalue weighted by atomic mass is 16.2. The minimum Gasteiger partial charge on any atom is -0.354 e. The first-order valence-electron chi connectivity index (χ1n) is 8.22. The maximum atomic E-state index is 12.2. The normalized spacial score (nSPS) is 18.7. The lowest BCUT2D eigenvalue weighted by atomic mass is 9.96. The third kappa shape index (κ3) is 4.12. The first kappa shape index (κ1) is 17.5. The Hall–Kier alpha value is -1.85. The van der Waals surface area contributed by atoms with Gasteiger partial charge < -0.3 is 14.7 Å². The summed E-state index contributed by atoms with van der Waals surface area (Å²) in [5, 5.41) is 0. The highest BCUT2D eigenvalue weighted by Crippen LogP contribution is 2.24. The van der Waals surface area contributed by atoms with Gasteiger partial charge in [-0.05, 0) is 18.9 Å². The molecule has 1 aliphatic heterocycles. The van der Waals surface area contributed by atoms with E-state index < -0.39 is 0 Å². The zero-order chi connectivity index (χ0) is 17.2. The number of hydrogen-bond donors (Lipinski definition) is 0. The van der Waals surface area contributed by atoms with Crippen LogP contribution in [0.5, 0.6) is 0 Å². The van der Waals surface area contributed by atoms with Crippen molar-refractivity contribution in [3.05, 3.63) is 18.1 Å². The Balaban J connectivity index is 2.14. The lowest BCUT2D eigenvalue weighted by Crippen LogP contribution is -2.51. The maximum Gasteiger partial charge on any atom is 0.319 e. The van der Waals surface area contributed by atoms with Gasteiger partial charge in [-0.15, -0.1) is 0 Å². The largest absolute Gasteiger partial charge is 0.354 e. The van der Waals surface area contributed by atoms with Crippen LogP contribution in [0, 0.1) is 0 Å². The van der Waals surface area contributed by atoms with E-state index in [2.05, 4.69) is 30.7 Å². The van der Waals surface area contributed by atoms with Gasteiger partial charge in [-0.3, -0.25) is 0 Å². The third-order valence-electron chi connectivity index (χ3n) is 4.26. The van der Waals surface area contributed by atoms with Crippen molar-refractivity contribution in [2.75, 3.05) is 39.1 Å². The number of likely N-dealkylation sites (N-methyl/N-ethyl adjacent to an activating group) is 1. The number of piperidine rings is 1. The topological polar surface area (TPSA) is 52.6 Å². The van der Waals surface area contributed by atoms with E-state index >= 15 is 0 Å². The van der Waals surface area contributed by atoms with E-state index in [1.165, 1.54) is 0 Å². The summed E-state index contributed by atoms with van der Waals surface area (Å²) in [7, 11) is 5.47. The molecule has 1 aromatic heterocycles. The second-order valence-corrected chi connectivity index (χ2v) is 7.52. The lowest BCUT2D eigenvalue weighted by molar-refractivity contribution is 0.157. The molecular weight excluding hydrogens is 290 g/mol. The number of hydrogen-bond acceptors (Lipinski definition) is 4. The molecule has 1 saturated heterocycles. The second-order valence-electron chi connectivity index (χ2n) is 7.52. The van der Waals surface area contributed by atoms with Crippen molar-refractivity contribution in [3.8, 4) is 0 Å². The van der Waals surface area contributed by atoms with E-state index in [4.69, 9.17) is 4.98 Å². The van der Waals surface area contributed by atoms with Crippen molar-refractivity contribution >= 4 is 11.8 Å². The Labute approximate surface area is 139 Å². The molecule has 2 heterocycles. The van der Waals surface area contributed by atoms with E-state index in [-0.39, 0.29) is 17.5 Å². The average molecular weight is 319 g/mol. The molecule has 23 heavy (non-hydrogen) atoms. The van der Waals surface area contributed by atoms with Gasteiger partial charge in [0.1, 0.15) is 11.6 Å². The lowest BCUT2D eigenvalue weighted by Gasteiger charge is -2.39. The van der Waals surface area contributed by atoms with Crippen LogP contribution in [0.4, 0.5) is 10.6 Å². The number of nitrogens with zero attached hydrogens (tertiary/aromatic N) is 5. The Bertz CT molecular complexity index is 552. The zero-order valence-electron chi connectivity index (χ0n) is 15.2. The minimum atomic E-state index is -0.0666. The molecule has 0 bridgehead atoms.